The zero-order valence-corrected chi connectivity index (χ0v) is 16.3. The minimum Gasteiger partial charge on any atom is -0.484 e. The summed E-state index contributed by atoms with van der Waals surface area (Å²) in [6.07, 6.45) is 0. The largest absolute Gasteiger partial charge is 0.484 e. The van der Waals surface area contributed by atoms with Crippen molar-refractivity contribution < 1.29 is 18.5 Å². The van der Waals surface area contributed by atoms with Crippen LogP contribution in [0.1, 0.15) is 31.0 Å². The van der Waals surface area contributed by atoms with E-state index in [4.69, 9.17) is 13.7 Å². The molecule has 0 bridgehead atoms. The molecule has 0 unspecified atom stereocenters. The molecule has 0 spiro atoms. The second-order valence-corrected chi connectivity index (χ2v) is 7.12. The number of nitrogens with one attached hydrogen (secondary N) is 1. The predicted molar refractivity (Wildman–Crippen MR) is 110 cm³/mol. The van der Waals surface area contributed by atoms with Gasteiger partial charge in [-0.2, -0.15) is 0 Å². The van der Waals surface area contributed by atoms with Crippen LogP contribution in [0.4, 0.5) is 0 Å². The van der Waals surface area contributed by atoms with E-state index in [0.717, 1.165) is 11.0 Å². The lowest BCUT2D eigenvalue weighted by atomic mass is 10.0. The van der Waals surface area contributed by atoms with Crippen LogP contribution in [0.15, 0.2) is 69.6 Å². The van der Waals surface area contributed by atoms with Gasteiger partial charge < -0.3 is 19.0 Å². The highest BCUT2D eigenvalue weighted by Crippen LogP contribution is 2.28. The van der Waals surface area contributed by atoms with Crippen molar-refractivity contribution >= 4 is 16.9 Å². The summed E-state index contributed by atoms with van der Waals surface area (Å²) >= 11 is 0. The summed E-state index contributed by atoms with van der Waals surface area (Å²) in [6, 6.07) is 19.1. The van der Waals surface area contributed by atoms with Crippen molar-refractivity contribution in [1.82, 2.24) is 10.5 Å². The molecule has 1 amide bonds. The normalized spacial score (nSPS) is 11.1. The van der Waals surface area contributed by atoms with E-state index in [9.17, 15) is 4.79 Å². The molecule has 0 saturated carbocycles. The van der Waals surface area contributed by atoms with Crippen molar-refractivity contribution in [3.63, 3.8) is 0 Å². The number of hydrogen-bond acceptors (Lipinski definition) is 5. The summed E-state index contributed by atoms with van der Waals surface area (Å²) in [5.41, 5.74) is 2.62. The highest BCUT2D eigenvalue weighted by atomic mass is 16.5. The first-order chi connectivity index (χ1) is 14.1. The van der Waals surface area contributed by atoms with Gasteiger partial charge in [0.05, 0.1) is 6.54 Å². The van der Waals surface area contributed by atoms with Gasteiger partial charge in [0.2, 0.25) is 5.76 Å². The smallest absolute Gasteiger partial charge is 0.258 e. The summed E-state index contributed by atoms with van der Waals surface area (Å²) in [7, 11) is 0. The molecule has 6 nitrogen and oxygen atoms in total. The standard InChI is InChI=1S/C23H22N2O4/c1-15(2)16-7-9-19(10-8-16)27-14-23(26)24-13-18-12-22(29-25-18)21-11-17-5-3-4-6-20(17)28-21/h3-12,15H,13-14H2,1-2H3,(H,24,26). The number of rotatable bonds is 7. The molecule has 0 aliphatic carbocycles. The van der Waals surface area contributed by atoms with Crippen molar-refractivity contribution in [2.45, 2.75) is 26.3 Å². The van der Waals surface area contributed by atoms with E-state index in [1.807, 2.05) is 54.6 Å². The highest BCUT2D eigenvalue weighted by molar-refractivity contribution is 5.81. The second kappa shape index (κ2) is 8.22. The maximum Gasteiger partial charge on any atom is 0.258 e. The lowest BCUT2D eigenvalue weighted by molar-refractivity contribution is -0.123. The Hall–Kier alpha value is -3.54. The minimum absolute atomic E-state index is 0.0602. The van der Waals surface area contributed by atoms with Gasteiger partial charge in [-0.05, 0) is 35.7 Å². The molecule has 0 aliphatic heterocycles. The molecule has 0 radical (unpaired) electrons. The average Bonchev–Trinajstić information content (AvgIpc) is 3.37. The first-order valence-corrected chi connectivity index (χ1v) is 9.52. The maximum absolute atomic E-state index is 12.0. The molecule has 4 aromatic rings. The summed E-state index contributed by atoms with van der Waals surface area (Å²) in [5, 5.41) is 7.75. The van der Waals surface area contributed by atoms with E-state index in [1.54, 1.807) is 6.07 Å². The third kappa shape index (κ3) is 4.48. The number of ether oxygens (including phenoxy) is 1. The van der Waals surface area contributed by atoms with Crippen molar-refractivity contribution in [3.05, 3.63) is 71.9 Å². The number of carbonyl (C=O) groups is 1. The van der Waals surface area contributed by atoms with Crippen molar-refractivity contribution in [1.29, 1.82) is 0 Å². The molecule has 0 aliphatic rings. The van der Waals surface area contributed by atoms with Crippen molar-refractivity contribution in [3.8, 4) is 17.3 Å². The molecular weight excluding hydrogens is 368 g/mol. The van der Waals surface area contributed by atoms with Gasteiger partial charge in [0.1, 0.15) is 17.0 Å². The van der Waals surface area contributed by atoms with E-state index in [2.05, 4.69) is 24.3 Å². The number of carbonyl (C=O) groups excluding carboxylic acids is 1. The number of para-hydroxylation sites is 1. The monoisotopic (exact) mass is 390 g/mol. The Morgan fingerprint density at radius 1 is 1.07 bits per heavy atom. The van der Waals surface area contributed by atoms with Crippen LogP contribution < -0.4 is 10.1 Å². The van der Waals surface area contributed by atoms with Crippen LogP contribution in [0.5, 0.6) is 5.75 Å². The number of amides is 1. The molecule has 0 atom stereocenters. The highest BCUT2D eigenvalue weighted by Gasteiger charge is 2.13. The third-order valence-electron chi connectivity index (χ3n) is 4.61. The van der Waals surface area contributed by atoms with Crippen molar-refractivity contribution in [2.24, 2.45) is 0 Å². The lowest BCUT2D eigenvalue weighted by Crippen LogP contribution is -2.28. The summed E-state index contributed by atoms with van der Waals surface area (Å²) in [6.45, 7) is 4.45. The number of hydrogen-bond donors (Lipinski definition) is 1. The van der Waals surface area contributed by atoms with Crippen LogP contribution in [0.25, 0.3) is 22.5 Å². The first kappa shape index (κ1) is 18.8. The van der Waals surface area contributed by atoms with Crippen LogP contribution in [0, 0.1) is 0 Å². The topological polar surface area (TPSA) is 77.5 Å². The Kier molecular flexibility index (Phi) is 5.33. The lowest BCUT2D eigenvalue weighted by Gasteiger charge is -2.09. The number of furan rings is 1. The van der Waals surface area contributed by atoms with E-state index in [0.29, 0.717) is 28.9 Å². The van der Waals surface area contributed by atoms with E-state index >= 15 is 0 Å². The Labute approximate surface area is 168 Å². The third-order valence-corrected chi connectivity index (χ3v) is 4.61. The Balaban J connectivity index is 1.29. The first-order valence-electron chi connectivity index (χ1n) is 9.52. The van der Waals surface area contributed by atoms with E-state index in [-0.39, 0.29) is 19.1 Å². The SMILES string of the molecule is CC(C)c1ccc(OCC(=O)NCc2cc(-c3cc4ccccc4o3)on2)cc1. The summed E-state index contributed by atoms with van der Waals surface area (Å²) in [4.78, 5) is 12.0. The second-order valence-electron chi connectivity index (χ2n) is 7.12. The fraction of sp³-hybridized carbons (Fsp3) is 0.217. The van der Waals surface area contributed by atoms with Gasteiger partial charge in [0.15, 0.2) is 12.4 Å². The Bertz CT molecular complexity index is 1080. The molecule has 0 fully saturated rings. The van der Waals surface area contributed by atoms with Crippen LogP contribution in [-0.4, -0.2) is 17.7 Å². The van der Waals surface area contributed by atoms with Gasteiger partial charge in [-0.25, -0.2) is 0 Å². The molecule has 0 saturated heterocycles. The number of nitrogens with zero attached hydrogens (tertiary/aromatic N) is 1. The van der Waals surface area contributed by atoms with Gasteiger partial charge in [0, 0.05) is 11.5 Å². The number of benzene rings is 2. The van der Waals surface area contributed by atoms with E-state index in [1.165, 1.54) is 5.56 Å². The van der Waals surface area contributed by atoms with Gasteiger partial charge in [-0.1, -0.05) is 49.3 Å². The van der Waals surface area contributed by atoms with Crippen LogP contribution in [0.2, 0.25) is 0 Å². The molecular formula is C23H22N2O4. The van der Waals surface area contributed by atoms with Crippen LogP contribution in [0.3, 0.4) is 0 Å². The molecule has 29 heavy (non-hydrogen) atoms. The average molecular weight is 390 g/mol. The molecule has 1 N–H and O–H groups in total. The minimum atomic E-state index is -0.230. The number of fused-ring (bicyclic) bond motifs is 1. The zero-order chi connectivity index (χ0) is 20.2. The van der Waals surface area contributed by atoms with Gasteiger partial charge in [-0.3, -0.25) is 4.79 Å². The van der Waals surface area contributed by atoms with Crippen molar-refractivity contribution in [2.75, 3.05) is 6.61 Å². The van der Waals surface area contributed by atoms with Gasteiger partial charge >= 0.3 is 0 Å². The fourth-order valence-corrected chi connectivity index (χ4v) is 2.95. The maximum atomic E-state index is 12.0. The molecule has 4 rings (SSSR count). The summed E-state index contributed by atoms with van der Waals surface area (Å²) in [5.74, 6) is 2.01. The van der Waals surface area contributed by atoms with Gasteiger partial charge in [-0.15, -0.1) is 0 Å². The predicted octanol–water partition coefficient (Wildman–Crippen LogP) is 4.91. The quantitative estimate of drug-likeness (QED) is 0.485. The van der Waals surface area contributed by atoms with Crippen LogP contribution >= 0.6 is 0 Å². The molecule has 148 valence electrons. The molecule has 2 aromatic heterocycles. The Morgan fingerprint density at radius 3 is 2.62 bits per heavy atom. The fourth-order valence-electron chi connectivity index (χ4n) is 2.95. The van der Waals surface area contributed by atoms with E-state index < -0.39 is 0 Å². The van der Waals surface area contributed by atoms with Gasteiger partial charge in [0.25, 0.3) is 5.91 Å². The summed E-state index contributed by atoms with van der Waals surface area (Å²) < 4.78 is 16.6. The molecule has 2 heterocycles. The molecule has 2 aromatic carbocycles. The zero-order valence-electron chi connectivity index (χ0n) is 16.3. The number of aromatic nitrogens is 1. The molecule has 6 heteroatoms. The van der Waals surface area contributed by atoms with Crippen LogP contribution in [-0.2, 0) is 11.3 Å². The Morgan fingerprint density at radius 2 is 1.86 bits per heavy atom.